The van der Waals surface area contributed by atoms with Crippen LogP contribution in [0.4, 0.5) is 5.69 Å². The molecule has 11 rings (SSSR count). The fourth-order valence-corrected chi connectivity index (χ4v) is 14.5. The number of hydrazine groups is 1. The van der Waals surface area contributed by atoms with E-state index in [0.29, 0.717) is 38.3 Å². The lowest BCUT2D eigenvalue weighted by Gasteiger charge is -2.45. The number of methoxy groups -OCH3 is 1. The van der Waals surface area contributed by atoms with E-state index in [1.165, 1.54) is 36.9 Å². The Morgan fingerprint density at radius 3 is 2.56 bits per heavy atom. The van der Waals surface area contributed by atoms with E-state index >= 15 is 9.59 Å². The third kappa shape index (κ3) is 10.6. The second kappa shape index (κ2) is 21.9. The second-order valence-electron chi connectivity index (χ2n) is 24.5. The Balaban J connectivity index is 1.01. The third-order valence-electron chi connectivity index (χ3n) is 18.7. The van der Waals surface area contributed by atoms with E-state index in [-0.39, 0.29) is 47.9 Å². The lowest BCUT2D eigenvalue weighted by atomic mass is 9.84. The number of piperidine rings is 1. The van der Waals surface area contributed by atoms with Crippen molar-refractivity contribution in [3.8, 4) is 22.4 Å². The van der Waals surface area contributed by atoms with Crippen molar-refractivity contribution in [1.29, 1.82) is 0 Å². The number of ether oxygens (including phenoxy) is 2. The summed E-state index contributed by atoms with van der Waals surface area (Å²) in [6.45, 7) is 20.3. The smallest absolute Gasteiger partial charge is 0.324 e. The number of carbonyl (C=O) groups is 3. The molecule has 14 heteroatoms. The van der Waals surface area contributed by atoms with Crippen LogP contribution in [0.25, 0.3) is 33.3 Å². The van der Waals surface area contributed by atoms with Crippen molar-refractivity contribution in [2.45, 2.75) is 161 Å². The van der Waals surface area contributed by atoms with Crippen molar-refractivity contribution in [3.05, 3.63) is 71.0 Å². The van der Waals surface area contributed by atoms with Crippen LogP contribution < -0.4 is 21.0 Å². The number of likely N-dealkylation sites (tertiary alicyclic amines) is 1. The number of carbonyl (C=O) groups excluding carboxylic acids is 3. The normalized spacial score (nSPS) is 26.9. The molecule has 2 aromatic carbocycles. The highest BCUT2D eigenvalue weighted by Crippen LogP contribution is 2.44. The Morgan fingerprint density at radius 1 is 0.933 bits per heavy atom. The maximum atomic E-state index is 15.1. The van der Waals surface area contributed by atoms with E-state index in [9.17, 15) is 4.79 Å². The van der Waals surface area contributed by atoms with Crippen molar-refractivity contribution in [2.75, 3.05) is 77.5 Å². The van der Waals surface area contributed by atoms with Gasteiger partial charge in [-0.2, -0.15) is 0 Å². The van der Waals surface area contributed by atoms with Gasteiger partial charge in [-0.25, -0.2) is 5.43 Å². The molecule has 1 aliphatic carbocycles. The average Bonchev–Trinajstić information content (AvgIpc) is 4.28. The number of piperazine rings is 1. The summed E-state index contributed by atoms with van der Waals surface area (Å²) >= 11 is 0. The number of aryl methyl sites for hydroxylation is 2. The number of anilines is 1. The van der Waals surface area contributed by atoms with Gasteiger partial charge in [0.25, 0.3) is 5.91 Å². The van der Waals surface area contributed by atoms with Crippen LogP contribution in [0.5, 0.6) is 0 Å². The largest absolute Gasteiger partial charge is 0.464 e. The molecule has 8 heterocycles. The van der Waals surface area contributed by atoms with E-state index < -0.39 is 17.5 Å². The van der Waals surface area contributed by atoms with Gasteiger partial charge in [-0.15, -0.1) is 0 Å². The minimum absolute atomic E-state index is 0.0442. The minimum atomic E-state index is -0.846. The number of cyclic esters (lactones) is 1. The zero-order chi connectivity index (χ0) is 52.0. The average molecular weight is 1020 g/mol. The summed E-state index contributed by atoms with van der Waals surface area (Å²) in [5.74, 6) is -0.369. The molecule has 6 fully saturated rings. The van der Waals surface area contributed by atoms with Crippen LogP contribution in [0, 0.1) is 16.7 Å². The maximum absolute atomic E-state index is 15.1. The topological polar surface area (TPSA) is 137 Å². The molecule has 14 nitrogen and oxygen atoms in total. The predicted molar refractivity (Wildman–Crippen MR) is 296 cm³/mol. The molecule has 2 amide bonds. The van der Waals surface area contributed by atoms with Crippen LogP contribution in [-0.2, 0) is 49.7 Å². The molecule has 6 bridgehead atoms. The van der Waals surface area contributed by atoms with E-state index in [0.717, 1.165) is 148 Å². The van der Waals surface area contributed by atoms with Gasteiger partial charge < -0.3 is 29.6 Å². The lowest BCUT2D eigenvalue weighted by Crippen LogP contribution is -2.62. The SMILES string of the molecule is CCc1cc2cc(c1)-c1ccc3c(c1)c(c(-c1cc(N4CCN5CCCC[C@@H]5C4)cnc1[C@H](C)OC)n3CC)CC(C)(C)COC(=O)[C@@H]1CCCN(N1)C(=O)[C@@H](NC(=O)[C@H](C1CCCC1)N1CC[C@]3(CCNC3)C1)C2. The third-order valence-corrected chi connectivity index (χ3v) is 18.7. The number of hydrogen-bond donors (Lipinski definition) is 3. The molecule has 75 heavy (non-hydrogen) atoms. The fraction of sp³-hybridized carbons (Fsp3) is 0.639. The molecule has 7 aliphatic rings. The van der Waals surface area contributed by atoms with Crippen LogP contribution >= 0.6 is 0 Å². The van der Waals surface area contributed by atoms with Gasteiger partial charge in [0.15, 0.2) is 0 Å². The number of nitrogens with zero attached hydrogens (tertiary/aromatic N) is 6. The maximum Gasteiger partial charge on any atom is 0.324 e. The van der Waals surface area contributed by atoms with Gasteiger partial charge in [-0.3, -0.25) is 34.2 Å². The number of amides is 2. The van der Waals surface area contributed by atoms with Crippen LogP contribution in [0.2, 0.25) is 0 Å². The number of pyridine rings is 1. The van der Waals surface area contributed by atoms with Crippen LogP contribution in [0.1, 0.15) is 134 Å². The van der Waals surface area contributed by atoms with Gasteiger partial charge in [0.2, 0.25) is 5.91 Å². The molecule has 0 unspecified atom stereocenters. The molecule has 5 saturated heterocycles. The first kappa shape index (κ1) is 52.2. The number of aromatic nitrogens is 2. The first-order valence-electron chi connectivity index (χ1n) is 29.1. The number of hydrogen-bond acceptors (Lipinski definition) is 11. The van der Waals surface area contributed by atoms with Gasteiger partial charge in [0.05, 0.1) is 42.0 Å². The van der Waals surface area contributed by atoms with Crippen molar-refractivity contribution >= 4 is 34.4 Å². The summed E-state index contributed by atoms with van der Waals surface area (Å²) < 4.78 is 14.9. The number of nitrogens with one attached hydrogen (secondary N) is 3. The second-order valence-corrected chi connectivity index (χ2v) is 24.5. The Morgan fingerprint density at radius 2 is 1.77 bits per heavy atom. The molecule has 0 radical (unpaired) electrons. The Labute approximate surface area is 446 Å². The predicted octanol–water partition coefficient (Wildman–Crippen LogP) is 8.23. The molecule has 3 N–H and O–H groups in total. The number of esters is 1. The van der Waals surface area contributed by atoms with Crippen molar-refractivity contribution < 1.29 is 23.9 Å². The summed E-state index contributed by atoms with van der Waals surface area (Å²) in [7, 11) is 1.76. The van der Waals surface area contributed by atoms with Crippen molar-refractivity contribution in [3.63, 3.8) is 0 Å². The lowest BCUT2D eigenvalue weighted by molar-refractivity contribution is -0.155. The summed E-state index contributed by atoms with van der Waals surface area (Å²) in [4.78, 5) is 57.6. The molecule has 404 valence electrons. The van der Waals surface area contributed by atoms with E-state index in [1.54, 1.807) is 12.1 Å². The number of rotatable bonds is 10. The van der Waals surface area contributed by atoms with Gasteiger partial charge >= 0.3 is 5.97 Å². The van der Waals surface area contributed by atoms with Gasteiger partial charge in [-0.1, -0.05) is 64.3 Å². The monoisotopic (exact) mass is 1020 g/mol. The van der Waals surface area contributed by atoms with Crippen LogP contribution in [0.15, 0.2) is 48.7 Å². The molecule has 1 spiro atoms. The first-order chi connectivity index (χ1) is 36.3. The van der Waals surface area contributed by atoms with Crippen LogP contribution in [0.3, 0.4) is 0 Å². The molecule has 2 aromatic heterocycles. The van der Waals surface area contributed by atoms with Gasteiger partial charge in [0, 0.05) is 87.3 Å². The van der Waals surface area contributed by atoms with E-state index in [1.807, 2.05) is 0 Å². The molecule has 4 aromatic rings. The van der Waals surface area contributed by atoms with Gasteiger partial charge in [-0.05, 0) is 155 Å². The highest BCUT2D eigenvalue weighted by Gasteiger charge is 2.47. The number of fused-ring (bicyclic) bond motifs is 7. The molecular weight excluding hydrogens is 939 g/mol. The van der Waals surface area contributed by atoms with E-state index in [4.69, 9.17) is 14.5 Å². The van der Waals surface area contributed by atoms with Crippen molar-refractivity contribution in [1.82, 2.24) is 40.4 Å². The Kier molecular flexibility index (Phi) is 15.2. The quantitative estimate of drug-likeness (QED) is 0.133. The highest BCUT2D eigenvalue weighted by atomic mass is 16.5. The molecule has 6 aliphatic heterocycles. The molecule has 6 atom stereocenters. The van der Waals surface area contributed by atoms with E-state index in [2.05, 4.69) is 119 Å². The first-order valence-corrected chi connectivity index (χ1v) is 29.1. The number of benzene rings is 2. The standard InChI is InChI=1S/C61H85N9O5/c1-7-41-28-42-30-45(29-41)44-18-19-53-48(32-44)50(56(69(53)8-2)49-33-47(35-63-54(49)40(3)74-6)67-27-26-66-23-12-11-16-46(66)36-67)34-60(4,5)39-75-59(73)51-17-13-24-70(65-51)58(72)52(31-42)64-57(71)55(43-14-9-10-15-43)68-25-21-61(38-68)20-22-62-37-61/h18-19,28-30,32-33,35,40,43,46,51-52,55,62,65H,7-17,20-27,31,34,36-39H2,1-6H3,(H,64,71)/t40-,46+,51-,52-,55-,61-/m0/s1. The van der Waals surface area contributed by atoms with Gasteiger partial charge in [0.1, 0.15) is 12.1 Å². The zero-order valence-electron chi connectivity index (χ0n) is 46.0. The summed E-state index contributed by atoms with van der Waals surface area (Å²) in [6.07, 6.45) is 15.1. The summed E-state index contributed by atoms with van der Waals surface area (Å²) in [6, 6.07) is 14.8. The van der Waals surface area contributed by atoms with Crippen LogP contribution in [-0.4, -0.2) is 139 Å². The highest BCUT2D eigenvalue weighted by molar-refractivity contribution is 5.96. The Hall–Kier alpha value is -4.86. The fourth-order valence-electron chi connectivity index (χ4n) is 14.5. The molecule has 1 saturated carbocycles. The zero-order valence-corrected chi connectivity index (χ0v) is 46.0. The Bertz CT molecular complexity index is 2740. The van der Waals surface area contributed by atoms with Crippen molar-refractivity contribution in [2.24, 2.45) is 16.7 Å². The summed E-state index contributed by atoms with van der Waals surface area (Å²) in [5.41, 5.74) is 14.0. The summed E-state index contributed by atoms with van der Waals surface area (Å²) in [5, 5.41) is 9.79. The molecular formula is C61H85N9O5. The minimum Gasteiger partial charge on any atom is -0.464 e.